The van der Waals surface area contributed by atoms with Gasteiger partial charge in [0, 0.05) is 12.1 Å². The number of ether oxygens (including phenoxy) is 2. The summed E-state index contributed by atoms with van der Waals surface area (Å²) in [7, 11) is 0. The molecule has 0 radical (unpaired) electrons. The average Bonchev–Trinajstić information content (AvgIpc) is 2.59. The van der Waals surface area contributed by atoms with Gasteiger partial charge in [0.2, 0.25) is 0 Å². The van der Waals surface area contributed by atoms with Crippen molar-refractivity contribution in [2.45, 2.75) is 73.6 Å². The first-order chi connectivity index (χ1) is 13.1. The van der Waals surface area contributed by atoms with Crippen molar-refractivity contribution in [3.8, 4) is 11.5 Å². The Bertz CT molecular complexity index is 748. The molecule has 0 atom stereocenters. The molecule has 0 aliphatic carbocycles. The Balaban J connectivity index is 0.00000420. The Labute approximate surface area is 183 Å². The van der Waals surface area contributed by atoms with E-state index in [1.54, 1.807) is 0 Å². The Kier molecular flexibility index (Phi) is 9.51. The lowest BCUT2D eigenvalue weighted by Gasteiger charge is -2.33. The molecule has 29 heavy (non-hydrogen) atoms. The minimum absolute atomic E-state index is 0. The fourth-order valence-electron chi connectivity index (χ4n) is 3.63. The summed E-state index contributed by atoms with van der Waals surface area (Å²) in [5, 5.41) is 3.69. The molecule has 0 aliphatic rings. The minimum Gasteiger partial charge on any atom is -0.490 e. The van der Waals surface area contributed by atoms with Gasteiger partial charge in [-0.2, -0.15) is 0 Å². The number of hydrogen-bond acceptors (Lipinski definition) is 3. The standard InChI is InChI=1S/C25H37NO2.ClH/c1-8-27-23-15-21(16-26-25(6,7)18-24(3,4)5)13-14-22(23)28-17-20-11-9-19(2)10-12-20;/h9-15,26H,8,16-18H2,1-7H3;1H. The van der Waals surface area contributed by atoms with E-state index < -0.39 is 0 Å². The van der Waals surface area contributed by atoms with Gasteiger partial charge in [0.25, 0.3) is 0 Å². The van der Waals surface area contributed by atoms with Gasteiger partial charge in [-0.25, -0.2) is 0 Å². The molecule has 162 valence electrons. The third-order valence-electron chi connectivity index (χ3n) is 4.57. The van der Waals surface area contributed by atoms with Gasteiger partial charge < -0.3 is 14.8 Å². The van der Waals surface area contributed by atoms with Gasteiger partial charge in [0.05, 0.1) is 6.61 Å². The highest BCUT2D eigenvalue weighted by molar-refractivity contribution is 5.85. The normalized spacial score (nSPS) is 11.7. The summed E-state index contributed by atoms with van der Waals surface area (Å²) in [6, 6.07) is 14.7. The number of benzene rings is 2. The van der Waals surface area contributed by atoms with E-state index in [0.717, 1.165) is 30.0 Å². The molecule has 0 amide bonds. The van der Waals surface area contributed by atoms with Crippen LogP contribution in [0.2, 0.25) is 0 Å². The highest BCUT2D eigenvalue weighted by Gasteiger charge is 2.24. The lowest BCUT2D eigenvalue weighted by molar-refractivity contribution is 0.240. The second-order valence-corrected chi connectivity index (χ2v) is 9.46. The van der Waals surface area contributed by atoms with Crippen LogP contribution in [0, 0.1) is 12.3 Å². The van der Waals surface area contributed by atoms with E-state index in [9.17, 15) is 0 Å². The average molecular weight is 420 g/mol. The Morgan fingerprint density at radius 3 is 2.03 bits per heavy atom. The number of hydrogen-bond donors (Lipinski definition) is 1. The SMILES string of the molecule is CCOc1cc(CNC(C)(C)CC(C)(C)C)ccc1OCc1ccc(C)cc1.Cl. The predicted octanol–water partition coefficient (Wildman–Crippen LogP) is 6.70. The van der Waals surface area contributed by atoms with Gasteiger partial charge >= 0.3 is 0 Å². The number of halogens is 1. The summed E-state index contributed by atoms with van der Waals surface area (Å²) in [6.07, 6.45) is 1.11. The van der Waals surface area contributed by atoms with Crippen molar-refractivity contribution >= 4 is 12.4 Å². The molecule has 0 aromatic heterocycles. The summed E-state index contributed by atoms with van der Waals surface area (Å²) in [6.45, 7) is 17.4. The zero-order valence-electron chi connectivity index (χ0n) is 19.1. The first-order valence-electron chi connectivity index (χ1n) is 10.3. The Morgan fingerprint density at radius 1 is 0.828 bits per heavy atom. The summed E-state index contributed by atoms with van der Waals surface area (Å²) in [5.74, 6) is 1.60. The van der Waals surface area contributed by atoms with Crippen LogP contribution in [0.5, 0.6) is 11.5 Å². The van der Waals surface area contributed by atoms with Gasteiger partial charge in [-0.3, -0.25) is 0 Å². The van der Waals surface area contributed by atoms with Crippen LogP contribution < -0.4 is 14.8 Å². The molecule has 0 bridgehead atoms. The second-order valence-electron chi connectivity index (χ2n) is 9.46. The molecule has 0 saturated heterocycles. The fourth-order valence-corrected chi connectivity index (χ4v) is 3.63. The van der Waals surface area contributed by atoms with Gasteiger partial charge in [0.1, 0.15) is 6.61 Å². The summed E-state index contributed by atoms with van der Waals surface area (Å²) in [4.78, 5) is 0. The Hall–Kier alpha value is -1.71. The zero-order valence-corrected chi connectivity index (χ0v) is 19.9. The quantitative estimate of drug-likeness (QED) is 0.490. The topological polar surface area (TPSA) is 30.5 Å². The highest BCUT2D eigenvalue weighted by Crippen LogP contribution is 2.30. The maximum atomic E-state index is 6.04. The predicted molar refractivity (Wildman–Crippen MR) is 125 cm³/mol. The number of nitrogens with one attached hydrogen (secondary N) is 1. The molecule has 0 unspecified atom stereocenters. The van der Waals surface area contributed by atoms with Gasteiger partial charge in [-0.1, -0.05) is 56.7 Å². The van der Waals surface area contributed by atoms with Crippen LogP contribution in [-0.2, 0) is 13.2 Å². The molecule has 0 spiro atoms. The second kappa shape index (κ2) is 10.9. The van der Waals surface area contributed by atoms with Crippen molar-refractivity contribution in [2.75, 3.05) is 6.61 Å². The zero-order chi connectivity index (χ0) is 20.8. The molecule has 0 fully saturated rings. The summed E-state index contributed by atoms with van der Waals surface area (Å²) >= 11 is 0. The molecule has 0 saturated carbocycles. The van der Waals surface area contributed by atoms with Crippen LogP contribution in [0.3, 0.4) is 0 Å². The van der Waals surface area contributed by atoms with E-state index in [0.29, 0.717) is 18.6 Å². The van der Waals surface area contributed by atoms with Crippen molar-refractivity contribution in [3.05, 3.63) is 59.2 Å². The molecular formula is C25H38ClNO2. The van der Waals surface area contributed by atoms with E-state index in [-0.39, 0.29) is 17.9 Å². The molecule has 4 heteroatoms. The van der Waals surface area contributed by atoms with Gasteiger partial charge in [-0.15, -0.1) is 12.4 Å². The molecular weight excluding hydrogens is 382 g/mol. The molecule has 3 nitrogen and oxygen atoms in total. The first kappa shape index (κ1) is 25.3. The van der Waals surface area contributed by atoms with Crippen LogP contribution >= 0.6 is 12.4 Å². The third kappa shape index (κ3) is 9.10. The van der Waals surface area contributed by atoms with Crippen LogP contribution in [0.1, 0.15) is 64.7 Å². The van der Waals surface area contributed by atoms with E-state index in [2.05, 4.69) is 83.3 Å². The summed E-state index contributed by atoms with van der Waals surface area (Å²) in [5.41, 5.74) is 3.98. The molecule has 2 aromatic rings. The lowest BCUT2D eigenvalue weighted by Crippen LogP contribution is -2.41. The van der Waals surface area contributed by atoms with E-state index >= 15 is 0 Å². The monoisotopic (exact) mass is 419 g/mol. The molecule has 2 aromatic carbocycles. The Morgan fingerprint density at radius 2 is 1.45 bits per heavy atom. The van der Waals surface area contributed by atoms with Crippen molar-refractivity contribution in [2.24, 2.45) is 5.41 Å². The molecule has 2 rings (SSSR count). The molecule has 0 heterocycles. The van der Waals surface area contributed by atoms with Crippen LogP contribution in [0.15, 0.2) is 42.5 Å². The maximum absolute atomic E-state index is 6.04. The number of aryl methyl sites for hydroxylation is 1. The highest BCUT2D eigenvalue weighted by atomic mass is 35.5. The summed E-state index contributed by atoms with van der Waals surface area (Å²) < 4.78 is 11.9. The van der Waals surface area contributed by atoms with E-state index in [1.807, 2.05) is 13.0 Å². The largest absolute Gasteiger partial charge is 0.490 e. The van der Waals surface area contributed by atoms with Crippen molar-refractivity contribution in [3.63, 3.8) is 0 Å². The number of rotatable bonds is 9. The van der Waals surface area contributed by atoms with Gasteiger partial charge in [0.15, 0.2) is 11.5 Å². The minimum atomic E-state index is 0. The van der Waals surface area contributed by atoms with Crippen LogP contribution in [-0.4, -0.2) is 12.1 Å². The first-order valence-corrected chi connectivity index (χ1v) is 10.3. The smallest absolute Gasteiger partial charge is 0.161 e. The molecule has 1 N–H and O–H groups in total. The van der Waals surface area contributed by atoms with Crippen molar-refractivity contribution < 1.29 is 9.47 Å². The fraction of sp³-hybridized carbons (Fsp3) is 0.520. The van der Waals surface area contributed by atoms with Crippen molar-refractivity contribution in [1.29, 1.82) is 0 Å². The lowest BCUT2D eigenvalue weighted by atomic mass is 9.82. The van der Waals surface area contributed by atoms with E-state index in [1.165, 1.54) is 11.1 Å². The van der Waals surface area contributed by atoms with Crippen molar-refractivity contribution in [1.82, 2.24) is 5.32 Å². The van der Waals surface area contributed by atoms with Crippen LogP contribution in [0.4, 0.5) is 0 Å². The van der Waals surface area contributed by atoms with Crippen LogP contribution in [0.25, 0.3) is 0 Å². The third-order valence-corrected chi connectivity index (χ3v) is 4.57. The maximum Gasteiger partial charge on any atom is 0.161 e. The molecule has 0 aliphatic heterocycles. The van der Waals surface area contributed by atoms with E-state index in [4.69, 9.17) is 9.47 Å². The van der Waals surface area contributed by atoms with Gasteiger partial charge in [-0.05, 0) is 62.8 Å².